The molecule has 0 saturated heterocycles. The van der Waals surface area contributed by atoms with E-state index in [1.807, 2.05) is 92.0 Å². The molecule has 63 heavy (non-hydrogen) atoms. The molecule has 13 heteroatoms. The zero-order valence-electron chi connectivity index (χ0n) is 34.9. The van der Waals surface area contributed by atoms with Gasteiger partial charge < -0.3 is 18.9 Å². The second kappa shape index (κ2) is 16.2. The van der Waals surface area contributed by atoms with E-state index in [-0.39, 0.29) is 13.3 Å². The van der Waals surface area contributed by atoms with Gasteiger partial charge in [-0.15, -0.1) is 11.8 Å². The Hall–Kier alpha value is -7.35. The Morgan fingerprint density at radius 2 is 1.54 bits per heavy atom. The lowest BCUT2D eigenvalue weighted by molar-refractivity contribution is 0.0799. The van der Waals surface area contributed by atoms with Crippen molar-refractivity contribution in [2.75, 3.05) is 19.5 Å². The van der Waals surface area contributed by atoms with E-state index in [9.17, 15) is 10.8 Å². The van der Waals surface area contributed by atoms with Crippen molar-refractivity contribution in [2.45, 2.75) is 49.0 Å². The molecule has 0 amide bonds. The lowest BCUT2D eigenvalue weighted by Gasteiger charge is -2.52. The number of fused-ring (bicyclic) bond motifs is 10. The highest BCUT2D eigenvalue weighted by atomic mass is 32.2. The minimum absolute atomic E-state index is 0.152. The topological polar surface area (TPSA) is 182 Å². The third-order valence-corrected chi connectivity index (χ3v) is 13.4. The average molecular weight is 851 g/mol. The number of hydrogen-bond donors (Lipinski definition) is 1. The molecule has 4 unspecified atom stereocenters. The van der Waals surface area contributed by atoms with E-state index in [0.717, 1.165) is 61.0 Å². The molecule has 1 spiro atoms. The lowest BCUT2D eigenvalue weighted by atomic mass is 9.51. The number of azide groups is 2. The SMILES string of the molecule is CSc1cc2c3c(c4c(c2cc1Oc1ccccc1)-c1ccccc1C41CC(C)(C#N)CC(C)(CN=[N+]=[N-])C1)C=CC(c1ccc(OC=N)cc1)(c1ccc(OCN=[N+]=[N-])cc1)O3. The predicted molar refractivity (Wildman–Crippen MR) is 246 cm³/mol. The van der Waals surface area contributed by atoms with Gasteiger partial charge in [-0.3, -0.25) is 5.41 Å². The van der Waals surface area contributed by atoms with Crippen LogP contribution in [0, 0.1) is 27.6 Å². The minimum atomic E-state index is -1.18. The largest absolute Gasteiger partial charge is 0.488 e. The summed E-state index contributed by atoms with van der Waals surface area (Å²) >= 11 is 1.59. The summed E-state index contributed by atoms with van der Waals surface area (Å²) in [6, 6.07) is 40.3. The first-order chi connectivity index (χ1) is 30.6. The Labute approximate surface area is 368 Å². The van der Waals surface area contributed by atoms with Crippen LogP contribution in [-0.2, 0) is 11.0 Å². The molecule has 1 heterocycles. The van der Waals surface area contributed by atoms with E-state index < -0.39 is 21.8 Å². The van der Waals surface area contributed by atoms with Gasteiger partial charge in [-0.2, -0.15) is 5.26 Å². The molecule has 312 valence electrons. The summed E-state index contributed by atoms with van der Waals surface area (Å²) in [7, 11) is 0. The van der Waals surface area contributed by atoms with Crippen LogP contribution < -0.4 is 18.9 Å². The average Bonchev–Trinajstić information content (AvgIpc) is 3.57. The van der Waals surface area contributed by atoms with Gasteiger partial charge in [0.05, 0.1) is 16.4 Å². The van der Waals surface area contributed by atoms with Gasteiger partial charge in [0.15, 0.2) is 18.7 Å². The van der Waals surface area contributed by atoms with Crippen molar-refractivity contribution in [2.24, 2.45) is 21.1 Å². The van der Waals surface area contributed by atoms with E-state index in [1.165, 1.54) is 0 Å². The van der Waals surface area contributed by atoms with Gasteiger partial charge in [-0.1, -0.05) is 90.0 Å². The van der Waals surface area contributed by atoms with Gasteiger partial charge in [0.1, 0.15) is 28.7 Å². The summed E-state index contributed by atoms with van der Waals surface area (Å²) < 4.78 is 25.5. The number of hydrogen-bond acceptors (Lipinski definition) is 9. The van der Waals surface area contributed by atoms with Gasteiger partial charge in [0.2, 0.25) is 0 Å². The van der Waals surface area contributed by atoms with Crippen molar-refractivity contribution in [1.29, 1.82) is 10.7 Å². The van der Waals surface area contributed by atoms with Crippen LogP contribution in [0.3, 0.4) is 0 Å². The van der Waals surface area contributed by atoms with Crippen molar-refractivity contribution in [1.82, 2.24) is 0 Å². The van der Waals surface area contributed by atoms with Crippen LogP contribution in [0.2, 0.25) is 0 Å². The Balaban J connectivity index is 1.36. The van der Waals surface area contributed by atoms with Crippen molar-refractivity contribution in [3.05, 3.63) is 170 Å². The monoisotopic (exact) mass is 850 g/mol. The number of nitrogens with zero attached hydrogens (tertiary/aromatic N) is 7. The highest BCUT2D eigenvalue weighted by Gasteiger charge is 2.58. The van der Waals surface area contributed by atoms with Crippen LogP contribution in [0.1, 0.15) is 60.9 Å². The van der Waals surface area contributed by atoms with Crippen LogP contribution in [0.5, 0.6) is 28.7 Å². The number of ether oxygens (including phenoxy) is 4. The maximum Gasteiger partial charge on any atom is 0.178 e. The molecule has 9 rings (SSSR count). The standard InChI is InChI=1S/C50H42N8O4S/c1-47(28-51)25-48(2,29-55-57-53)27-49(26-47)41-12-8-7-11-37(41)44-39-23-42(61-36-9-5-4-6-10-36)43(63-3)24-40(39)46-38(45(44)49)21-22-50(62-46,32-13-17-34(18-14-32)59-30-52)33-15-19-35(20-16-33)60-31-56-58-54/h4-24,30,52H,25-27,29,31H2,1-3H3. The molecule has 3 aliphatic rings. The molecule has 1 saturated carbocycles. The normalized spacial score (nSPS) is 22.6. The van der Waals surface area contributed by atoms with Gasteiger partial charge >= 0.3 is 0 Å². The molecule has 1 fully saturated rings. The molecule has 0 aromatic heterocycles. The van der Waals surface area contributed by atoms with Crippen LogP contribution in [0.25, 0.3) is 48.9 Å². The summed E-state index contributed by atoms with van der Waals surface area (Å²) in [6.45, 7) is 4.28. The van der Waals surface area contributed by atoms with Crippen molar-refractivity contribution in [3.8, 4) is 45.9 Å². The predicted octanol–water partition coefficient (Wildman–Crippen LogP) is 13.6. The number of nitriles is 1. The van der Waals surface area contributed by atoms with Gasteiger partial charge in [0, 0.05) is 43.9 Å². The zero-order chi connectivity index (χ0) is 43.8. The zero-order valence-corrected chi connectivity index (χ0v) is 35.7. The fourth-order valence-electron chi connectivity index (χ4n) is 10.6. The maximum absolute atomic E-state index is 11.0. The van der Waals surface area contributed by atoms with Crippen LogP contribution in [0.15, 0.2) is 136 Å². The Kier molecular flexibility index (Phi) is 10.5. The maximum atomic E-state index is 11.0. The Morgan fingerprint density at radius 1 is 0.841 bits per heavy atom. The Morgan fingerprint density at radius 3 is 2.22 bits per heavy atom. The number of thioether (sulfide) groups is 1. The molecule has 4 atom stereocenters. The Bertz CT molecular complexity index is 2960. The van der Waals surface area contributed by atoms with Crippen LogP contribution in [0.4, 0.5) is 0 Å². The van der Waals surface area contributed by atoms with Gasteiger partial charge in [-0.05, 0) is 131 Å². The second-order valence-corrected chi connectivity index (χ2v) is 17.8. The third-order valence-electron chi connectivity index (χ3n) is 12.6. The first-order valence-corrected chi connectivity index (χ1v) is 21.7. The van der Waals surface area contributed by atoms with Crippen molar-refractivity contribution >= 4 is 35.0 Å². The highest BCUT2D eigenvalue weighted by Crippen LogP contribution is 2.67. The molecule has 1 aliphatic heterocycles. The molecule has 2 aliphatic carbocycles. The number of nitrogens with one attached hydrogen (secondary N) is 1. The number of para-hydroxylation sites is 1. The fourth-order valence-corrected chi connectivity index (χ4v) is 11.1. The molecule has 6 aromatic carbocycles. The summed E-state index contributed by atoms with van der Waals surface area (Å²) in [4.78, 5) is 6.91. The number of benzene rings is 6. The third kappa shape index (κ3) is 7.04. The summed E-state index contributed by atoms with van der Waals surface area (Å²) in [6.07, 6.45) is 8.96. The van der Waals surface area contributed by atoms with Gasteiger partial charge in [0.25, 0.3) is 0 Å². The summed E-state index contributed by atoms with van der Waals surface area (Å²) in [5.41, 5.74) is 22.2. The van der Waals surface area contributed by atoms with Crippen LogP contribution >= 0.6 is 11.8 Å². The van der Waals surface area contributed by atoms with Crippen molar-refractivity contribution < 1.29 is 18.9 Å². The first kappa shape index (κ1) is 41.0. The minimum Gasteiger partial charge on any atom is -0.488 e. The smallest absolute Gasteiger partial charge is 0.178 e. The molecule has 0 bridgehead atoms. The summed E-state index contributed by atoms with van der Waals surface area (Å²) in [5, 5.41) is 28.0. The molecular formula is C50H42N8O4S. The van der Waals surface area contributed by atoms with E-state index in [1.54, 1.807) is 11.8 Å². The number of rotatable bonds is 12. The summed E-state index contributed by atoms with van der Waals surface area (Å²) in [5.74, 6) is 3.12. The lowest BCUT2D eigenvalue weighted by Crippen LogP contribution is -2.47. The van der Waals surface area contributed by atoms with Gasteiger partial charge in [-0.25, -0.2) is 0 Å². The highest BCUT2D eigenvalue weighted by molar-refractivity contribution is 7.98. The fraction of sp³-hybridized carbons (Fsp3) is 0.240. The molecule has 6 aromatic rings. The molecular weight excluding hydrogens is 809 g/mol. The van der Waals surface area contributed by atoms with Crippen molar-refractivity contribution in [3.63, 3.8) is 0 Å². The van der Waals surface area contributed by atoms with E-state index in [0.29, 0.717) is 48.0 Å². The van der Waals surface area contributed by atoms with Crippen LogP contribution in [-0.4, -0.2) is 25.9 Å². The molecule has 12 nitrogen and oxygen atoms in total. The quantitative estimate of drug-likeness (QED) is 0.0319. The first-order valence-electron chi connectivity index (χ1n) is 20.5. The van der Waals surface area contributed by atoms with E-state index in [4.69, 9.17) is 29.9 Å². The van der Waals surface area contributed by atoms with E-state index in [2.05, 4.69) is 81.6 Å². The second-order valence-electron chi connectivity index (χ2n) is 16.9. The molecule has 0 radical (unpaired) electrons. The van der Waals surface area contributed by atoms with E-state index >= 15 is 0 Å². The molecule has 1 N–H and O–H groups in total.